The summed E-state index contributed by atoms with van der Waals surface area (Å²) in [5.41, 5.74) is 1.79. The van der Waals surface area contributed by atoms with E-state index in [0.717, 1.165) is 11.1 Å². The Morgan fingerprint density at radius 1 is 0.944 bits per heavy atom. The van der Waals surface area contributed by atoms with Gasteiger partial charge in [0.1, 0.15) is 5.92 Å². The molecule has 0 radical (unpaired) electrons. The van der Waals surface area contributed by atoms with Gasteiger partial charge in [-0.05, 0) is 11.1 Å². The lowest BCUT2D eigenvalue weighted by molar-refractivity contribution is -0.137. The molecule has 0 saturated heterocycles. The molecule has 1 N–H and O–H groups in total. The van der Waals surface area contributed by atoms with Crippen molar-refractivity contribution in [3.05, 3.63) is 77.9 Å². The van der Waals surface area contributed by atoms with E-state index in [-0.39, 0.29) is 0 Å². The summed E-state index contributed by atoms with van der Waals surface area (Å²) in [7, 11) is 0. The highest BCUT2D eigenvalue weighted by Crippen LogP contribution is 2.18. The number of hydrogen-bond donors (Lipinski definition) is 1. The van der Waals surface area contributed by atoms with Gasteiger partial charge in [0.15, 0.2) is 0 Å². The minimum absolute atomic E-state index is 0.605. The van der Waals surface area contributed by atoms with Gasteiger partial charge in [-0.3, -0.25) is 4.79 Å². The third-order valence-corrected chi connectivity index (χ3v) is 2.71. The minimum Gasteiger partial charge on any atom is -0.481 e. The van der Waals surface area contributed by atoms with Gasteiger partial charge in [-0.15, -0.1) is 0 Å². The maximum Gasteiger partial charge on any atom is 0.314 e. The van der Waals surface area contributed by atoms with E-state index in [1.54, 1.807) is 6.08 Å². The molecule has 0 unspecified atom stereocenters. The predicted molar refractivity (Wildman–Crippen MR) is 72.3 cm³/mol. The second-order valence-corrected chi connectivity index (χ2v) is 4.00. The van der Waals surface area contributed by atoms with E-state index >= 15 is 0 Å². The standard InChI is InChI=1S/C16H14O2/c17-16(18)15(14-9-5-2-6-10-14)12-11-13-7-3-1-4-8-13/h1-12,15H,(H,17,18)/b12-11-/t15-/m0/s1. The molecule has 0 aliphatic carbocycles. The van der Waals surface area contributed by atoms with E-state index in [9.17, 15) is 9.90 Å². The van der Waals surface area contributed by atoms with Gasteiger partial charge in [0.05, 0.1) is 0 Å². The van der Waals surface area contributed by atoms with Gasteiger partial charge in [-0.2, -0.15) is 0 Å². The molecule has 0 aliphatic heterocycles. The topological polar surface area (TPSA) is 37.3 Å². The number of carboxylic acids is 1. The van der Waals surface area contributed by atoms with Crippen molar-refractivity contribution < 1.29 is 9.90 Å². The Morgan fingerprint density at radius 2 is 1.50 bits per heavy atom. The lowest BCUT2D eigenvalue weighted by Gasteiger charge is -2.07. The second-order valence-electron chi connectivity index (χ2n) is 4.00. The molecule has 0 aliphatic rings. The molecule has 2 rings (SSSR count). The molecule has 0 bridgehead atoms. The molecule has 18 heavy (non-hydrogen) atoms. The average Bonchev–Trinajstić information content (AvgIpc) is 2.41. The quantitative estimate of drug-likeness (QED) is 0.884. The third kappa shape index (κ3) is 3.08. The van der Waals surface area contributed by atoms with Crippen molar-refractivity contribution >= 4 is 12.0 Å². The van der Waals surface area contributed by atoms with Crippen LogP contribution in [0.25, 0.3) is 6.08 Å². The molecule has 0 spiro atoms. The number of benzene rings is 2. The van der Waals surface area contributed by atoms with E-state index in [1.165, 1.54) is 0 Å². The first-order valence-electron chi connectivity index (χ1n) is 5.78. The van der Waals surface area contributed by atoms with Crippen LogP contribution in [0.4, 0.5) is 0 Å². The Hall–Kier alpha value is -2.35. The monoisotopic (exact) mass is 238 g/mol. The van der Waals surface area contributed by atoms with Crippen LogP contribution in [0.1, 0.15) is 17.0 Å². The average molecular weight is 238 g/mol. The van der Waals surface area contributed by atoms with E-state index < -0.39 is 11.9 Å². The lowest BCUT2D eigenvalue weighted by Crippen LogP contribution is -2.08. The van der Waals surface area contributed by atoms with E-state index in [1.807, 2.05) is 66.7 Å². The van der Waals surface area contributed by atoms with Gasteiger partial charge >= 0.3 is 5.97 Å². The van der Waals surface area contributed by atoms with Crippen LogP contribution in [-0.2, 0) is 4.79 Å². The van der Waals surface area contributed by atoms with Crippen LogP contribution in [0.3, 0.4) is 0 Å². The van der Waals surface area contributed by atoms with Crippen LogP contribution < -0.4 is 0 Å². The summed E-state index contributed by atoms with van der Waals surface area (Å²) < 4.78 is 0. The Labute approximate surface area is 106 Å². The number of carboxylic acid groups (broad SMARTS) is 1. The summed E-state index contributed by atoms with van der Waals surface area (Å²) >= 11 is 0. The molecule has 2 aromatic carbocycles. The summed E-state index contributed by atoms with van der Waals surface area (Å²) in [4.78, 5) is 11.3. The van der Waals surface area contributed by atoms with Crippen LogP contribution in [0.15, 0.2) is 66.7 Å². The van der Waals surface area contributed by atoms with Crippen molar-refractivity contribution in [1.29, 1.82) is 0 Å². The van der Waals surface area contributed by atoms with Gasteiger partial charge in [0, 0.05) is 0 Å². The van der Waals surface area contributed by atoms with Crippen LogP contribution >= 0.6 is 0 Å². The zero-order chi connectivity index (χ0) is 12.8. The smallest absolute Gasteiger partial charge is 0.314 e. The first-order valence-corrected chi connectivity index (χ1v) is 5.78. The fourth-order valence-electron chi connectivity index (χ4n) is 1.77. The van der Waals surface area contributed by atoms with Crippen molar-refractivity contribution in [2.45, 2.75) is 5.92 Å². The van der Waals surface area contributed by atoms with E-state index in [4.69, 9.17) is 0 Å². The molecule has 1 atom stereocenters. The van der Waals surface area contributed by atoms with Gasteiger partial charge in [0.2, 0.25) is 0 Å². The second kappa shape index (κ2) is 5.82. The maximum atomic E-state index is 11.3. The van der Waals surface area contributed by atoms with Crippen molar-refractivity contribution in [3.8, 4) is 0 Å². The summed E-state index contributed by atoms with van der Waals surface area (Å²) in [6.07, 6.45) is 3.55. The summed E-state index contributed by atoms with van der Waals surface area (Å²) in [5.74, 6) is -1.44. The molecular formula is C16H14O2. The SMILES string of the molecule is O=C(O)[C@@H](/C=C\c1ccccc1)c1ccccc1. The Balaban J connectivity index is 2.23. The highest BCUT2D eigenvalue weighted by Gasteiger charge is 2.15. The van der Waals surface area contributed by atoms with E-state index in [2.05, 4.69) is 0 Å². The van der Waals surface area contributed by atoms with Crippen LogP contribution in [0, 0.1) is 0 Å². The normalized spacial score (nSPS) is 12.4. The zero-order valence-electron chi connectivity index (χ0n) is 9.86. The molecule has 0 aromatic heterocycles. The fourth-order valence-corrected chi connectivity index (χ4v) is 1.77. The Morgan fingerprint density at radius 3 is 2.06 bits per heavy atom. The number of carbonyl (C=O) groups is 1. The number of aliphatic carboxylic acids is 1. The fraction of sp³-hybridized carbons (Fsp3) is 0.0625. The van der Waals surface area contributed by atoms with Crippen LogP contribution in [-0.4, -0.2) is 11.1 Å². The van der Waals surface area contributed by atoms with Crippen molar-refractivity contribution in [2.24, 2.45) is 0 Å². The highest BCUT2D eigenvalue weighted by atomic mass is 16.4. The van der Waals surface area contributed by atoms with Gasteiger partial charge in [-0.1, -0.05) is 72.8 Å². The van der Waals surface area contributed by atoms with Gasteiger partial charge < -0.3 is 5.11 Å². The largest absolute Gasteiger partial charge is 0.481 e. The first-order chi connectivity index (χ1) is 8.77. The highest BCUT2D eigenvalue weighted by molar-refractivity contribution is 5.80. The zero-order valence-corrected chi connectivity index (χ0v) is 9.86. The number of rotatable bonds is 4. The maximum absolute atomic E-state index is 11.3. The molecule has 90 valence electrons. The Kier molecular flexibility index (Phi) is 3.92. The van der Waals surface area contributed by atoms with Crippen LogP contribution in [0.5, 0.6) is 0 Å². The molecular weight excluding hydrogens is 224 g/mol. The van der Waals surface area contributed by atoms with Crippen molar-refractivity contribution in [3.63, 3.8) is 0 Å². The molecule has 0 amide bonds. The van der Waals surface area contributed by atoms with E-state index in [0.29, 0.717) is 0 Å². The molecule has 0 fully saturated rings. The molecule has 2 aromatic rings. The molecule has 2 nitrogen and oxygen atoms in total. The van der Waals surface area contributed by atoms with Crippen molar-refractivity contribution in [1.82, 2.24) is 0 Å². The summed E-state index contributed by atoms with van der Waals surface area (Å²) in [6, 6.07) is 18.9. The molecule has 0 saturated carbocycles. The van der Waals surface area contributed by atoms with Gasteiger partial charge in [0.25, 0.3) is 0 Å². The summed E-state index contributed by atoms with van der Waals surface area (Å²) in [5, 5.41) is 9.25. The minimum atomic E-state index is -0.839. The van der Waals surface area contributed by atoms with Crippen LogP contribution in [0.2, 0.25) is 0 Å². The molecule has 2 heteroatoms. The number of hydrogen-bond acceptors (Lipinski definition) is 1. The predicted octanol–water partition coefficient (Wildman–Crippen LogP) is 3.57. The van der Waals surface area contributed by atoms with Crippen molar-refractivity contribution in [2.75, 3.05) is 0 Å². The molecule has 0 heterocycles. The Bertz CT molecular complexity index is 530. The van der Waals surface area contributed by atoms with Gasteiger partial charge in [-0.25, -0.2) is 0 Å². The lowest BCUT2D eigenvalue weighted by atomic mass is 9.98. The third-order valence-electron chi connectivity index (χ3n) is 2.71. The summed E-state index contributed by atoms with van der Waals surface area (Å²) in [6.45, 7) is 0. The first kappa shape index (κ1) is 12.1.